The zero-order valence-electron chi connectivity index (χ0n) is 21.3. The van der Waals surface area contributed by atoms with E-state index in [0.717, 1.165) is 28.8 Å². The summed E-state index contributed by atoms with van der Waals surface area (Å²) in [5.41, 5.74) is 3.44. The van der Waals surface area contributed by atoms with Crippen LogP contribution in [0.5, 0.6) is 11.5 Å². The van der Waals surface area contributed by atoms with E-state index < -0.39 is 0 Å². The number of hydrogen-bond donors (Lipinski definition) is 1. The SMILES string of the molecule is CC[C@@H](C)NC(=O)CN1C(=O)CS[C@@H](c2cc(OC)ccc2OC)c2c(-c3ccccc3)nn(C)c21. The third-order valence-corrected chi connectivity index (χ3v) is 7.57. The first-order valence-corrected chi connectivity index (χ1v) is 13.0. The Morgan fingerprint density at radius 3 is 2.61 bits per heavy atom. The molecule has 2 amide bonds. The second-order valence-electron chi connectivity index (χ2n) is 8.73. The molecule has 1 aromatic heterocycles. The molecule has 2 atom stereocenters. The highest BCUT2D eigenvalue weighted by Crippen LogP contribution is 2.50. The number of fused-ring (bicyclic) bond motifs is 1. The van der Waals surface area contributed by atoms with Crippen molar-refractivity contribution in [2.75, 3.05) is 31.4 Å². The molecule has 0 aliphatic carbocycles. The van der Waals surface area contributed by atoms with Crippen molar-refractivity contribution < 1.29 is 19.1 Å². The summed E-state index contributed by atoms with van der Waals surface area (Å²) in [7, 11) is 5.07. The molecule has 1 N–H and O–H groups in total. The summed E-state index contributed by atoms with van der Waals surface area (Å²) in [5.74, 6) is 1.85. The molecular formula is C27H32N4O4S. The largest absolute Gasteiger partial charge is 0.497 e. The molecule has 1 aliphatic rings. The smallest absolute Gasteiger partial charge is 0.240 e. The van der Waals surface area contributed by atoms with Crippen LogP contribution in [0.2, 0.25) is 0 Å². The van der Waals surface area contributed by atoms with Gasteiger partial charge < -0.3 is 14.8 Å². The molecule has 4 rings (SSSR count). The highest BCUT2D eigenvalue weighted by molar-refractivity contribution is 8.00. The lowest BCUT2D eigenvalue weighted by molar-refractivity contribution is -0.123. The van der Waals surface area contributed by atoms with Gasteiger partial charge in [0.05, 0.1) is 30.9 Å². The number of benzene rings is 2. The average molecular weight is 509 g/mol. The molecule has 0 saturated carbocycles. The van der Waals surface area contributed by atoms with Gasteiger partial charge in [-0.3, -0.25) is 19.2 Å². The normalized spacial score (nSPS) is 16.2. The first-order chi connectivity index (χ1) is 17.4. The summed E-state index contributed by atoms with van der Waals surface area (Å²) < 4.78 is 12.9. The van der Waals surface area contributed by atoms with E-state index in [9.17, 15) is 9.59 Å². The third-order valence-electron chi connectivity index (χ3n) is 6.33. The number of ether oxygens (including phenoxy) is 2. The maximum absolute atomic E-state index is 13.4. The number of rotatable bonds is 8. The molecule has 0 bridgehead atoms. The lowest BCUT2D eigenvalue weighted by Gasteiger charge is -2.23. The number of anilines is 1. The number of amides is 2. The molecule has 0 saturated heterocycles. The standard InChI is InChI=1S/C27H32N4O4S/c1-6-17(2)28-22(32)15-31-23(33)16-36-26(20-14-19(34-4)12-13-21(20)35-5)24-25(29-30(3)27(24)31)18-10-8-7-9-11-18/h7-14,17,26H,6,15-16H2,1-5H3,(H,28,32)/t17-,26+/m1/s1. The topological polar surface area (TPSA) is 85.7 Å². The summed E-state index contributed by atoms with van der Waals surface area (Å²) in [6, 6.07) is 15.6. The van der Waals surface area contributed by atoms with E-state index >= 15 is 0 Å². The van der Waals surface area contributed by atoms with Crippen molar-refractivity contribution in [3.05, 3.63) is 59.7 Å². The summed E-state index contributed by atoms with van der Waals surface area (Å²) >= 11 is 1.50. The van der Waals surface area contributed by atoms with Crippen LogP contribution >= 0.6 is 11.8 Å². The fourth-order valence-corrected chi connectivity index (χ4v) is 5.57. The number of hydrogen-bond acceptors (Lipinski definition) is 6. The van der Waals surface area contributed by atoms with Gasteiger partial charge in [0.1, 0.15) is 23.9 Å². The quantitative estimate of drug-likeness (QED) is 0.491. The highest BCUT2D eigenvalue weighted by Gasteiger charge is 2.37. The van der Waals surface area contributed by atoms with Gasteiger partial charge in [0.2, 0.25) is 11.8 Å². The highest BCUT2D eigenvalue weighted by atomic mass is 32.2. The maximum atomic E-state index is 13.4. The Morgan fingerprint density at radius 2 is 1.94 bits per heavy atom. The van der Waals surface area contributed by atoms with Crippen LogP contribution in [0.4, 0.5) is 5.82 Å². The van der Waals surface area contributed by atoms with Crippen LogP contribution in [0.15, 0.2) is 48.5 Å². The predicted molar refractivity (Wildman–Crippen MR) is 143 cm³/mol. The van der Waals surface area contributed by atoms with Crippen LogP contribution in [0.25, 0.3) is 11.3 Å². The minimum Gasteiger partial charge on any atom is -0.497 e. The third kappa shape index (κ3) is 5.06. The van der Waals surface area contributed by atoms with Crippen molar-refractivity contribution in [2.24, 2.45) is 7.05 Å². The summed E-state index contributed by atoms with van der Waals surface area (Å²) in [6.07, 6.45) is 0.808. The molecule has 0 spiro atoms. The van der Waals surface area contributed by atoms with E-state index in [4.69, 9.17) is 14.6 Å². The molecule has 2 heterocycles. The number of carbonyl (C=O) groups is 2. The van der Waals surface area contributed by atoms with Crippen molar-refractivity contribution in [3.63, 3.8) is 0 Å². The van der Waals surface area contributed by atoms with Crippen molar-refractivity contribution in [1.29, 1.82) is 0 Å². The minimum atomic E-state index is -0.277. The summed E-state index contributed by atoms with van der Waals surface area (Å²) in [4.78, 5) is 27.9. The van der Waals surface area contributed by atoms with Crippen LogP contribution in [-0.2, 0) is 16.6 Å². The minimum absolute atomic E-state index is 0.0219. The van der Waals surface area contributed by atoms with E-state index in [1.54, 1.807) is 23.8 Å². The van der Waals surface area contributed by atoms with Gasteiger partial charge in [0, 0.05) is 29.8 Å². The van der Waals surface area contributed by atoms with E-state index in [0.29, 0.717) is 17.3 Å². The summed E-state index contributed by atoms with van der Waals surface area (Å²) in [5, 5.41) is 7.55. The van der Waals surface area contributed by atoms with Crippen molar-refractivity contribution in [1.82, 2.24) is 15.1 Å². The van der Waals surface area contributed by atoms with Crippen molar-refractivity contribution in [3.8, 4) is 22.8 Å². The number of nitrogens with zero attached hydrogens (tertiary/aromatic N) is 3. The van der Waals surface area contributed by atoms with Crippen LogP contribution in [0.1, 0.15) is 36.6 Å². The van der Waals surface area contributed by atoms with Crippen LogP contribution in [-0.4, -0.2) is 54.2 Å². The Bertz CT molecular complexity index is 1240. The maximum Gasteiger partial charge on any atom is 0.240 e. The Labute approximate surface area is 216 Å². The van der Waals surface area contributed by atoms with Gasteiger partial charge >= 0.3 is 0 Å². The molecule has 8 nitrogen and oxygen atoms in total. The van der Waals surface area contributed by atoms with E-state index in [1.807, 2.05) is 69.4 Å². The number of aromatic nitrogens is 2. The molecule has 1 aliphatic heterocycles. The molecular weight excluding hydrogens is 476 g/mol. The van der Waals surface area contributed by atoms with E-state index in [-0.39, 0.29) is 35.4 Å². The molecule has 0 unspecified atom stereocenters. The molecule has 0 fully saturated rings. The van der Waals surface area contributed by atoms with Crippen LogP contribution < -0.4 is 19.7 Å². The zero-order chi connectivity index (χ0) is 25.8. The van der Waals surface area contributed by atoms with Gasteiger partial charge in [0.25, 0.3) is 0 Å². The Morgan fingerprint density at radius 1 is 1.19 bits per heavy atom. The van der Waals surface area contributed by atoms with Gasteiger partial charge in [-0.2, -0.15) is 5.10 Å². The van der Waals surface area contributed by atoms with Crippen molar-refractivity contribution >= 4 is 29.4 Å². The lowest BCUT2D eigenvalue weighted by Crippen LogP contribution is -2.44. The monoisotopic (exact) mass is 508 g/mol. The van der Waals surface area contributed by atoms with Gasteiger partial charge in [-0.1, -0.05) is 37.3 Å². The molecule has 2 aromatic carbocycles. The fourth-order valence-electron chi connectivity index (χ4n) is 4.36. The number of carbonyl (C=O) groups excluding carboxylic acids is 2. The van der Waals surface area contributed by atoms with Crippen LogP contribution in [0, 0.1) is 0 Å². The first-order valence-electron chi connectivity index (χ1n) is 11.9. The predicted octanol–water partition coefficient (Wildman–Crippen LogP) is 4.19. The fraction of sp³-hybridized carbons (Fsp3) is 0.370. The van der Waals surface area contributed by atoms with Crippen molar-refractivity contribution in [2.45, 2.75) is 31.6 Å². The molecule has 0 radical (unpaired) electrons. The molecule has 9 heteroatoms. The lowest BCUT2D eigenvalue weighted by atomic mass is 9.98. The number of methoxy groups -OCH3 is 2. The molecule has 36 heavy (non-hydrogen) atoms. The van der Waals surface area contributed by atoms with Gasteiger partial charge in [-0.25, -0.2) is 0 Å². The van der Waals surface area contributed by atoms with Gasteiger partial charge in [0.15, 0.2) is 0 Å². The van der Waals surface area contributed by atoms with E-state index in [1.165, 1.54) is 11.8 Å². The van der Waals surface area contributed by atoms with E-state index in [2.05, 4.69) is 5.32 Å². The van der Waals surface area contributed by atoms with Gasteiger partial charge in [-0.15, -0.1) is 11.8 Å². The second kappa shape index (κ2) is 11.1. The average Bonchev–Trinajstić information content (AvgIpc) is 3.16. The second-order valence-corrected chi connectivity index (χ2v) is 9.82. The molecule has 190 valence electrons. The Balaban J connectivity index is 1.91. The molecule has 3 aromatic rings. The zero-order valence-corrected chi connectivity index (χ0v) is 22.1. The summed E-state index contributed by atoms with van der Waals surface area (Å²) in [6.45, 7) is 3.88. The number of nitrogens with one attached hydrogen (secondary N) is 1. The van der Waals surface area contributed by atoms with Crippen LogP contribution in [0.3, 0.4) is 0 Å². The number of aryl methyl sites for hydroxylation is 1. The Hall–Kier alpha value is -3.46. The van der Waals surface area contributed by atoms with Gasteiger partial charge in [-0.05, 0) is 31.5 Å². The Kier molecular flexibility index (Phi) is 7.88. The number of thioether (sulfide) groups is 1. The first kappa shape index (κ1) is 25.6.